The fraction of sp³-hybridized carbons (Fsp3) is 0.529. The van der Waals surface area contributed by atoms with E-state index in [1.54, 1.807) is 18.2 Å². The maximum atomic E-state index is 12.3. The molecular weight excluding hydrogens is 280 g/mol. The van der Waals surface area contributed by atoms with Gasteiger partial charge < -0.3 is 15.8 Å². The molecule has 0 aromatic heterocycles. The summed E-state index contributed by atoms with van der Waals surface area (Å²) in [5, 5.41) is 2.87. The van der Waals surface area contributed by atoms with Crippen LogP contribution in [0, 0.1) is 17.8 Å². The van der Waals surface area contributed by atoms with Crippen molar-refractivity contribution in [2.75, 3.05) is 12.4 Å². The van der Waals surface area contributed by atoms with Gasteiger partial charge in [0.1, 0.15) is 5.75 Å². The molecule has 0 aliphatic heterocycles. The van der Waals surface area contributed by atoms with Gasteiger partial charge in [0.2, 0.25) is 11.8 Å². The van der Waals surface area contributed by atoms with Crippen LogP contribution in [0.4, 0.5) is 5.69 Å². The third-order valence-electron chi connectivity index (χ3n) is 5.09. The SMILES string of the molecule is COc1ccc(C(N)=O)cc1NC(=O)C[C@H]1C[C@H]2CC[C@H]1C2. The number of anilines is 1. The number of ether oxygens (including phenoxy) is 1. The van der Waals surface area contributed by atoms with E-state index in [0.29, 0.717) is 29.3 Å². The zero-order valence-corrected chi connectivity index (χ0v) is 12.8. The van der Waals surface area contributed by atoms with Crippen LogP contribution >= 0.6 is 0 Å². The van der Waals surface area contributed by atoms with Crippen molar-refractivity contribution in [2.24, 2.45) is 23.5 Å². The highest BCUT2D eigenvalue weighted by Crippen LogP contribution is 2.49. The monoisotopic (exact) mass is 302 g/mol. The van der Waals surface area contributed by atoms with E-state index < -0.39 is 5.91 Å². The molecule has 22 heavy (non-hydrogen) atoms. The molecule has 0 saturated heterocycles. The lowest BCUT2D eigenvalue weighted by Crippen LogP contribution is -2.21. The van der Waals surface area contributed by atoms with Gasteiger partial charge in [0, 0.05) is 12.0 Å². The van der Waals surface area contributed by atoms with Crippen molar-refractivity contribution < 1.29 is 14.3 Å². The van der Waals surface area contributed by atoms with Crippen molar-refractivity contribution in [3.8, 4) is 5.75 Å². The van der Waals surface area contributed by atoms with Gasteiger partial charge in [-0.1, -0.05) is 6.42 Å². The van der Waals surface area contributed by atoms with E-state index in [4.69, 9.17) is 10.5 Å². The second-order valence-corrected chi connectivity index (χ2v) is 6.47. The Balaban J connectivity index is 1.67. The van der Waals surface area contributed by atoms with E-state index in [2.05, 4.69) is 5.32 Å². The fourth-order valence-corrected chi connectivity index (χ4v) is 4.02. The number of carbonyl (C=O) groups is 2. The number of rotatable bonds is 5. The van der Waals surface area contributed by atoms with Crippen LogP contribution in [0.5, 0.6) is 5.75 Å². The Hall–Kier alpha value is -2.04. The molecule has 0 unspecified atom stereocenters. The third kappa shape index (κ3) is 2.93. The predicted molar refractivity (Wildman–Crippen MR) is 83.7 cm³/mol. The Kier molecular flexibility index (Phi) is 4.05. The number of fused-ring (bicyclic) bond motifs is 2. The molecule has 2 fully saturated rings. The lowest BCUT2D eigenvalue weighted by Gasteiger charge is -2.21. The zero-order valence-electron chi connectivity index (χ0n) is 12.8. The molecule has 0 spiro atoms. The summed E-state index contributed by atoms with van der Waals surface area (Å²) in [6, 6.07) is 4.81. The Labute approximate surface area is 130 Å². The molecule has 3 atom stereocenters. The van der Waals surface area contributed by atoms with Crippen LogP contribution in [0.25, 0.3) is 0 Å². The number of nitrogens with one attached hydrogen (secondary N) is 1. The fourth-order valence-electron chi connectivity index (χ4n) is 4.02. The van der Waals surface area contributed by atoms with Crippen LogP contribution in [0.1, 0.15) is 42.5 Å². The molecule has 118 valence electrons. The highest BCUT2D eigenvalue weighted by molar-refractivity contribution is 5.97. The van der Waals surface area contributed by atoms with Crippen molar-refractivity contribution >= 4 is 17.5 Å². The Bertz CT molecular complexity index is 600. The first-order valence-corrected chi connectivity index (χ1v) is 7.84. The number of nitrogens with two attached hydrogens (primary N) is 1. The third-order valence-corrected chi connectivity index (χ3v) is 5.09. The first-order valence-electron chi connectivity index (χ1n) is 7.84. The second-order valence-electron chi connectivity index (χ2n) is 6.47. The van der Waals surface area contributed by atoms with Gasteiger partial charge in [-0.2, -0.15) is 0 Å². The van der Waals surface area contributed by atoms with Crippen LogP contribution < -0.4 is 15.8 Å². The van der Waals surface area contributed by atoms with E-state index in [-0.39, 0.29) is 5.91 Å². The topological polar surface area (TPSA) is 81.4 Å². The minimum absolute atomic E-state index is 0.0162. The molecule has 1 aromatic rings. The van der Waals surface area contributed by atoms with Gasteiger partial charge in [-0.25, -0.2) is 0 Å². The van der Waals surface area contributed by atoms with Gasteiger partial charge >= 0.3 is 0 Å². The van der Waals surface area contributed by atoms with E-state index in [0.717, 1.165) is 11.8 Å². The summed E-state index contributed by atoms with van der Waals surface area (Å²) in [6.45, 7) is 0. The van der Waals surface area contributed by atoms with Gasteiger partial charge in [0.15, 0.2) is 0 Å². The molecule has 2 saturated carbocycles. The van der Waals surface area contributed by atoms with Crippen LogP contribution in [0.2, 0.25) is 0 Å². The first kappa shape index (κ1) is 14.9. The zero-order chi connectivity index (χ0) is 15.7. The quantitative estimate of drug-likeness (QED) is 0.877. The molecule has 2 bridgehead atoms. The number of amides is 2. The van der Waals surface area contributed by atoms with Crippen LogP contribution in [-0.4, -0.2) is 18.9 Å². The second kappa shape index (κ2) is 5.99. The van der Waals surface area contributed by atoms with Crippen LogP contribution in [0.3, 0.4) is 0 Å². The summed E-state index contributed by atoms with van der Waals surface area (Å²) >= 11 is 0. The highest BCUT2D eigenvalue weighted by Gasteiger charge is 2.40. The van der Waals surface area contributed by atoms with E-state index in [9.17, 15) is 9.59 Å². The Morgan fingerprint density at radius 2 is 2.14 bits per heavy atom. The number of hydrogen-bond acceptors (Lipinski definition) is 3. The smallest absolute Gasteiger partial charge is 0.248 e. The molecule has 0 heterocycles. The van der Waals surface area contributed by atoms with Gasteiger partial charge in [-0.3, -0.25) is 9.59 Å². The van der Waals surface area contributed by atoms with E-state index in [1.165, 1.54) is 32.8 Å². The molecule has 2 aliphatic carbocycles. The minimum Gasteiger partial charge on any atom is -0.495 e. The molecule has 0 radical (unpaired) electrons. The average Bonchev–Trinajstić information content (AvgIpc) is 3.09. The summed E-state index contributed by atoms with van der Waals surface area (Å²) in [7, 11) is 1.53. The molecule has 2 aliphatic rings. The molecule has 5 heteroatoms. The van der Waals surface area contributed by atoms with E-state index in [1.807, 2.05) is 0 Å². The number of primary amides is 1. The van der Waals surface area contributed by atoms with Crippen molar-refractivity contribution in [3.05, 3.63) is 23.8 Å². The summed E-state index contributed by atoms with van der Waals surface area (Å²) in [6.07, 6.45) is 5.61. The van der Waals surface area contributed by atoms with Gasteiger partial charge in [-0.15, -0.1) is 0 Å². The normalized spacial score (nSPS) is 26.0. The largest absolute Gasteiger partial charge is 0.495 e. The number of carbonyl (C=O) groups excluding carboxylic acids is 2. The summed E-state index contributed by atoms with van der Waals surface area (Å²) < 4.78 is 5.23. The first-order chi connectivity index (χ1) is 10.6. The summed E-state index contributed by atoms with van der Waals surface area (Å²) in [5.74, 6) is 2.05. The highest BCUT2D eigenvalue weighted by atomic mass is 16.5. The maximum absolute atomic E-state index is 12.3. The molecule has 3 N–H and O–H groups in total. The molecule has 1 aromatic carbocycles. The molecule has 2 amide bonds. The molecular formula is C17H22N2O3. The predicted octanol–water partition coefficient (Wildman–Crippen LogP) is 2.56. The minimum atomic E-state index is -0.522. The van der Waals surface area contributed by atoms with Crippen LogP contribution in [0.15, 0.2) is 18.2 Å². The van der Waals surface area contributed by atoms with Crippen LogP contribution in [-0.2, 0) is 4.79 Å². The van der Waals surface area contributed by atoms with Crippen molar-refractivity contribution in [3.63, 3.8) is 0 Å². The lowest BCUT2D eigenvalue weighted by molar-refractivity contribution is -0.117. The number of hydrogen-bond donors (Lipinski definition) is 2. The van der Waals surface area contributed by atoms with Crippen molar-refractivity contribution in [1.82, 2.24) is 0 Å². The average molecular weight is 302 g/mol. The van der Waals surface area contributed by atoms with Crippen molar-refractivity contribution in [1.29, 1.82) is 0 Å². The summed E-state index contributed by atoms with van der Waals surface area (Å²) in [4.78, 5) is 23.6. The number of benzene rings is 1. The lowest BCUT2D eigenvalue weighted by atomic mass is 9.86. The van der Waals surface area contributed by atoms with E-state index >= 15 is 0 Å². The summed E-state index contributed by atoms with van der Waals surface area (Å²) in [5.41, 5.74) is 6.15. The van der Waals surface area contributed by atoms with Gasteiger partial charge in [-0.05, 0) is 55.2 Å². The van der Waals surface area contributed by atoms with Gasteiger partial charge in [0.05, 0.1) is 12.8 Å². The molecule has 3 rings (SSSR count). The molecule has 5 nitrogen and oxygen atoms in total. The maximum Gasteiger partial charge on any atom is 0.248 e. The van der Waals surface area contributed by atoms with Crippen molar-refractivity contribution in [2.45, 2.75) is 32.1 Å². The number of methoxy groups -OCH3 is 1. The standard InChI is InChI=1S/C17H22N2O3/c1-22-15-5-4-12(17(18)21)8-14(15)19-16(20)9-13-7-10-2-3-11(13)6-10/h4-5,8,10-11,13H,2-3,6-7,9H2,1H3,(H2,18,21)(H,19,20)/t10-,11-,13+/m0/s1. The Morgan fingerprint density at radius 1 is 1.32 bits per heavy atom. The van der Waals surface area contributed by atoms with Gasteiger partial charge in [0.25, 0.3) is 0 Å². The Morgan fingerprint density at radius 3 is 2.73 bits per heavy atom.